The summed E-state index contributed by atoms with van der Waals surface area (Å²) in [5, 5.41) is 2.91. The van der Waals surface area contributed by atoms with Crippen LogP contribution in [-0.2, 0) is 4.79 Å². The van der Waals surface area contributed by atoms with Gasteiger partial charge < -0.3 is 11.1 Å². The number of hydrogen-bond donors (Lipinski definition) is 2. The molecule has 1 aliphatic heterocycles. The van der Waals surface area contributed by atoms with Crippen molar-refractivity contribution in [2.45, 2.75) is 33.1 Å². The molecule has 4 heteroatoms. The van der Waals surface area contributed by atoms with Crippen molar-refractivity contribution in [1.82, 2.24) is 4.90 Å². The third-order valence-electron chi connectivity index (χ3n) is 4.48. The summed E-state index contributed by atoms with van der Waals surface area (Å²) in [5.41, 5.74) is 7.60. The van der Waals surface area contributed by atoms with Gasteiger partial charge in [-0.15, -0.1) is 0 Å². The number of carbonyl (C=O) groups excluding carboxylic acids is 1. The molecular weight excluding hydrogens is 250 g/mol. The number of carbonyl (C=O) groups is 1. The Morgan fingerprint density at radius 2 is 1.90 bits per heavy atom. The number of nitrogens with zero attached hydrogens (tertiary/aromatic N) is 1. The van der Waals surface area contributed by atoms with Gasteiger partial charge in [-0.2, -0.15) is 0 Å². The van der Waals surface area contributed by atoms with Crippen LogP contribution in [0.15, 0.2) is 24.3 Å². The molecule has 1 amide bonds. The zero-order valence-corrected chi connectivity index (χ0v) is 12.5. The number of nitrogens with two attached hydrogens (primary N) is 1. The van der Waals surface area contributed by atoms with Crippen LogP contribution >= 0.6 is 0 Å². The van der Waals surface area contributed by atoms with Crippen LogP contribution in [0.5, 0.6) is 0 Å². The van der Waals surface area contributed by atoms with Gasteiger partial charge in [0.15, 0.2) is 0 Å². The van der Waals surface area contributed by atoms with Gasteiger partial charge in [-0.1, -0.05) is 20.3 Å². The smallest absolute Gasteiger partial charge is 0.238 e. The first-order valence-corrected chi connectivity index (χ1v) is 7.38. The molecule has 0 unspecified atom stereocenters. The summed E-state index contributed by atoms with van der Waals surface area (Å²) in [7, 11) is 0. The topological polar surface area (TPSA) is 58.4 Å². The minimum Gasteiger partial charge on any atom is -0.399 e. The highest BCUT2D eigenvalue weighted by atomic mass is 16.2. The predicted molar refractivity (Wildman–Crippen MR) is 83.6 cm³/mol. The highest BCUT2D eigenvalue weighted by molar-refractivity contribution is 5.92. The molecule has 1 heterocycles. The molecule has 1 saturated heterocycles. The highest BCUT2D eigenvalue weighted by Crippen LogP contribution is 2.33. The molecule has 1 aromatic rings. The fraction of sp³-hybridized carbons (Fsp3) is 0.562. The van der Waals surface area contributed by atoms with E-state index in [1.807, 2.05) is 12.1 Å². The molecule has 20 heavy (non-hydrogen) atoms. The third kappa shape index (κ3) is 3.97. The zero-order valence-electron chi connectivity index (χ0n) is 12.5. The lowest BCUT2D eigenvalue weighted by Gasteiger charge is -2.38. The van der Waals surface area contributed by atoms with E-state index in [-0.39, 0.29) is 5.91 Å². The molecule has 2 rings (SSSR count). The lowest BCUT2D eigenvalue weighted by Crippen LogP contribution is -2.42. The molecule has 3 N–H and O–H groups in total. The van der Waals surface area contributed by atoms with Crippen LogP contribution in [0, 0.1) is 5.41 Å². The van der Waals surface area contributed by atoms with Crippen molar-refractivity contribution in [3.8, 4) is 0 Å². The van der Waals surface area contributed by atoms with E-state index in [2.05, 4.69) is 24.1 Å². The van der Waals surface area contributed by atoms with Crippen LogP contribution in [0.1, 0.15) is 33.1 Å². The Bertz CT molecular complexity index is 447. The maximum absolute atomic E-state index is 12.0. The van der Waals surface area contributed by atoms with Crippen LogP contribution in [0.4, 0.5) is 11.4 Å². The first-order chi connectivity index (χ1) is 9.50. The fourth-order valence-electron chi connectivity index (χ4n) is 2.57. The Morgan fingerprint density at radius 3 is 2.45 bits per heavy atom. The fourth-order valence-corrected chi connectivity index (χ4v) is 2.57. The van der Waals surface area contributed by atoms with Crippen LogP contribution in [0.3, 0.4) is 0 Å². The van der Waals surface area contributed by atoms with E-state index >= 15 is 0 Å². The van der Waals surface area contributed by atoms with Crippen LogP contribution in [0.2, 0.25) is 0 Å². The average Bonchev–Trinajstić information content (AvgIpc) is 2.44. The minimum atomic E-state index is 0.0508. The van der Waals surface area contributed by atoms with Crippen LogP contribution in [0.25, 0.3) is 0 Å². The van der Waals surface area contributed by atoms with E-state index < -0.39 is 0 Å². The monoisotopic (exact) mass is 275 g/mol. The maximum atomic E-state index is 12.0. The van der Waals surface area contributed by atoms with E-state index in [4.69, 9.17) is 5.73 Å². The van der Waals surface area contributed by atoms with Crippen molar-refractivity contribution in [1.29, 1.82) is 0 Å². The Morgan fingerprint density at radius 1 is 1.30 bits per heavy atom. The van der Waals surface area contributed by atoms with Crippen LogP contribution in [-0.4, -0.2) is 30.4 Å². The summed E-state index contributed by atoms with van der Waals surface area (Å²) >= 11 is 0. The standard InChI is InChI=1S/C16H25N3O/c1-3-16(2)8-10-19(11-9-16)12-15(20)18-14-6-4-13(17)5-7-14/h4-7H,3,8-12,17H2,1-2H3,(H,18,20). The molecule has 0 saturated carbocycles. The zero-order chi connectivity index (χ0) is 14.6. The van der Waals surface area contributed by atoms with Crippen LogP contribution < -0.4 is 11.1 Å². The molecule has 1 fully saturated rings. The molecule has 1 aromatic carbocycles. The molecule has 110 valence electrons. The van der Waals surface area contributed by atoms with Gasteiger partial charge in [0, 0.05) is 11.4 Å². The Balaban J connectivity index is 1.79. The van der Waals surface area contributed by atoms with E-state index in [9.17, 15) is 4.79 Å². The normalized spacial score (nSPS) is 18.7. The second-order valence-electron chi connectivity index (χ2n) is 6.11. The van der Waals surface area contributed by atoms with Gasteiger partial charge in [0.2, 0.25) is 5.91 Å². The van der Waals surface area contributed by atoms with E-state index in [1.54, 1.807) is 12.1 Å². The summed E-state index contributed by atoms with van der Waals surface area (Å²) in [6, 6.07) is 7.25. The Hall–Kier alpha value is -1.55. The maximum Gasteiger partial charge on any atom is 0.238 e. The van der Waals surface area contributed by atoms with Crippen molar-refractivity contribution in [3.63, 3.8) is 0 Å². The molecule has 0 radical (unpaired) electrons. The minimum absolute atomic E-state index is 0.0508. The number of rotatable bonds is 4. The quantitative estimate of drug-likeness (QED) is 0.831. The molecule has 0 spiro atoms. The van der Waals surface area contributed by atoms with Gasteiger partial charge in [0.1, 0.15) is 0 Å². The molecular formula is C16H25N3O. The van der Waals surface area contributed by atoms with E-state index in [0.717, 1.165) is 18.8 Å². The van der Waals surface area contributed by atoms with Gasteiger partial charge in [-0.05, 0) is 55.6 Å². The molecule has 4 nitrogen and oxygen atoms in total. The first kappa shape index (κ1) is 14.9. The van der Waals surface area contributed by atoms with Crippen molar-refractivity contribution in [3.05, 3.63) is 24.3 Å². The summed E-state index contributed by atoms with van der Waals surface area (Å²) in [6.45, 7) is 7.10. The lowest BCUT2D eigenvalue weighted by molar-refractivity contribution is -0.117. The predicted octanol–water partition coefficient (Wildman–Crippen LogP) is 2.72. The van der Waals surface area contributed by atoms with Crippen molar-refractivity contribution >= 4 is 17.3 Å². The van der Waals surface area contributed by atoms with Crippen molar-refractivity contribution < 1.29 is 4.79 Å². The Labute approximate surface area is 121 Å². The number of nitrogens with one attached hydrogen (secondary N) is 1. The van der Waals surface area contributed by atoms with E-state index in [0.29, 0.717) is 17.6 Å². The first-order valence-electron chi connectivity index (χ1n) is 7.38. The third-order valence-corrected chi connectivity index (χ3v) is 4.48. The van der Waals surface area contributed by atoms with Gasteiger partial charge in [0.05, 0.1) is 6.54 Å². The van der Waals surface area contributed by atoms with E-state index in [1.165, 1.54) is 19.3 Å². The largest absolute Gasteiger partial charge is 0.399 e. The molecule has 0 atom stereocenters. The van der Waals surface area contributed by atoms with Gasteiger partial charge in [0.25, 0.3) is 0 Å². The number of likely N-dealkylation sites (tertiary alicyclic amines) is 1. The lowest BCUT2D eigenvalue weighted by atomic mass is 9.78. The summed E-state index contributed by atoms with van der Waals surface area (Å²) in [5.74, 6) is 0.0508. The highest BCUT2D eigenvalue weighted by Gasteiger charge is 2.28. The number of hydrogen-bond acceptors (Lipinski definition) is 3. The van der Waals surface area contributed by atoms with Gasteiger partial charge in [-0.3, -0.25) is 9.69 Å². The Kier molecular flexibility index (Phi) is 4.65. The second kappa shape index (κ2) is 6.27. The SMILES string of the molecule is CCC1(C)CCN(CC(=O)Nc2ccc(N)cc2)CC1. The summed E-state index contributed by atoms with van der Waals surface area (Å²) in [6.07, 6.45) is 3.58. The number of amides is 1. The summed E-state index contributed by atoms with van der Waals surface area (Å²) < 4.78 is 0. The van der Waals surface area contributed by atoms with Gasteiger partial charge in [-0.25, -0.2) is 0 Å². The number of nitrogen functional groups attached to an aromatic ring is 1. The van der Waals surface area contributed by atoms with Crippen molar-refractivity contribution in [2.24, 2.45) is 5.41 Å². The number of benzene rings is 1. The molecule has 0 bridgehead atoms. The number of anilines is 2. The molecule has 1 aliphatic rings. The summed E-state index contributed by atoms with van der Waals surface area (Å²) in [4.78, 5) is 14.3. The van der Waals surface area contributed by atoms with Crippen molar-refractivity contribution in [2.75, 3.05) is 30.7 Å². The van der Waals surface area contributed by atoms with Gasteiger partial charge >= 0.3 is 0 Å². The number of piperidine rings is 1. The molecule has 0 aliphatic carbocycles. The molecule has 0 aromatic heterocycles. The average molecular weight is 275 g/mol. The second-order valence-corrected chi connectivity index (χ2v) is 6.11.